The van der Waals surface area contributed by atoms with E-state index in [1.807, 2.05) is 4.90 Å². The molecule has 2 heterocycles. The van der Waals surface area contributed by atoms with Gasteiger partial charge in [-0.2, -0.15) is 0 Å². The highest BCUT2D eigenvalue weighted by molar-refractivity contribution is 7.91. The largest absolute Gasteiger partial charge is 0.351 e. The summed E-state index contributed by atoms with van der Waals surface area (Å²) in [6, 6.07) is 3.55. The van der Waals surface area contributed by atoms with E-state index in [1.54, 1.807) is 0 Å². The van der Waals surface area contributed by atoms with Gasteiger partial charge in [-0.05, 0) is 24.6 Å². The highest BCUT2D eigenvalue weighted by Crippen LogP contribution is 2.18. The maximum Gasteiger partial charge on any atom is 0.256 e. The van der Waals surface area contributed by atoms with E-state index in [4.69, 9.17) is 11.6 Å². The summed E-state index contributed by atoms with van der Waals surface area (Å²) in [5, 5.41) is 3.05. The van der Waals surface area contributed by atoms with Gasteiger partial charge in [-0.1, -0.05) is 11.6 Å². The second-order valence-electron chi connectivity index (χ2n) is 6.86. The summed E-state index contributed by atoms with van der Waals surface area (Å²) >= 11 is 5.84. The molecule has 148 valence electrons. The highest BCUT2D eigenvalue weighted by atomic mass is 35.5. The first-order valence-electron chi connectivity index (χ1n) is 8.70. The lowest BCUT2D eigenvalue weighted by molar-refractivity contribution is -0.123. The standard InChI is InChI=1S/C17H21ClFN3O4S/c18-12-1-2-15(19)14(9-12)17(24)22-6-4-21(5-7-22)10-16(23)20-13-3-8-27(25,26)11-13/h1-2,9,13H,3-8,10-11H2,(H,20,23)/t13-/m1/s1. The van der Waals surface area contributed by atoms with Gasteiger partial charge in [-0.15, -0.1) is 0 Å². The molecule has 2 fully saturated rings. The summed E-state index contributed by atoms with van der Waals surface area (Å²) in [5.41, 5.74) is -0.0591. The quantitative estimate of drug-likeness (QED) is 0.772. The fraction of sp³-hybridized carbons (Fsp3) is 0.529. The van der Waals surface area contributed by atoms with Gasteiger partial charge in [-0.3, -0.25) is 14.5 Å². The Labute approximate surface area is 162 Å². The van der Waals surface area contributed by atoms with Gasteiger partial charge < -0.3 is 10.2 Å². The Bertz CT molecular complexity index is 841. The van der Waals surface area contributed by atoms with Crippen LogP contribution in [0.4, 0.5) is 4.39 Å². The van der Waals surface area contributed by atoms with Crippen LogP contribution in [-0.2, 0) is 14.6 Å². The first-order chi connectivity index (χ1) is 12.7. The van der Waals surface area contributed by atoms with Gasteiger partial charge in [0, 0.05) is 37.2 Å². The third-order valence-electron chi connectivity index (χ3n) is 4.78. The molecular weight excluding hydrogens is 397 g/mol. The Kier molecular flexibility index (Phi) is 6.02. The van der Waals surface area contributed by atoms with Crippen molar-refractivity contribution in [1.29, 1.82) is 0 Å². The Morgan fingerprint density at radius 2 is 1.93 bits per heavy atom. The molecule has 27 heavy (non-hydrogen) atoms. The molecule has 1 atom stereocenters. The average molecular weight is 418 g/mol. The molecule has 1 aromatic carbocycles. The SMILES string of the molecule is O=C(CN1CCN(C(=O)c2cc(Cl)ccc2F)CC1)N[C@@H]1CCS(=O)(=O)C1. The summed E-state index contributed by atoms with van der Waals surface area (Å²) in [7, 11) is -3.04. The molecule has 0 saturated carbocycles. The number of hydrogen-bond donors (Lipinski definition) is 1. The third kappa shape index (κ3) is 5.18. The number of nitrogens with one attached hydrogen (secondary N) is 1. The topological polar surface area (TPSA) is 86.8 Å². The summed E-state index contributed by atoms with van der Waals surface area (Å²) in [5.74, 6) is -1.16. The molecule has 10 heteroatoms. The zero-order chi connectivity index (χ0) is 19.6. The fourth-order valence-corrected chi connectivity index (χ4v) is 5.17. The van der Waals surface area contributed by atoms with E-state index in [-0.39, 0.29) is 35.6 Å². The lowest BCUT2D eigenvalue weighted by atomic mass is 10.1. The van der Waals surface area contributed by atoms with Crippen molar-refractivity contribution < 1.29 is 22.4 Å². The predicted octanol–water partition coefficient (Wildman–Crippen LogP) is 0.540. The number of hydrogen-bond acceptors (Lipinski definition) is 5. The molecule has 2 aliphatic heterocycles. The van der Waals surface area contributed by atoms with Crippen molar-refractivity contribution in [2.24, 2.45) is 0 Å². The van der Waals surface area contributed by atoms with E-state index in [1.165, 1.54) is 23.1 Å². The number of carbonyl (C=O) groups excluding carboxylic acids is 2. The Balaban J connectivity index is 1.48. The van der Waals surface area contributed by atoms with Crippen molar-refractivity contribution >= 4 is 33.3 Å². The molecule has 2 amide bonds. The minimum Gasteiger partial charge on any atom is -0.351 e. The normalized spacial score (nSPS) is 22.6. The number of piperazine rings is 1. The zero-order valence-electron chi connectivity index (χ0n) is 14.7. The predicted molar refractivity (Wildman–Crippen MR) is 99.0 cm³/mol. The molecule has 2 saturated heterocycles. The highest BCUT2D eigenvalue weighted by Gasteiger charge is 2.30. The molecule has 1 N–H and O–H groups in total. The zero-order valence-corrected chi connectivity index (χ0v) is 16.2. The van der Waals surface area contributed by atoms with Gasteiger partial charge in [0.25, 0.3) is 5.91 Å². The summed E-state index contributed by atoms with van der Waals surface area (Å²) < 4.78 is 36.7. The number of sulfone groups is 1. The summed E-state index contributed by atoms with van der Waals surface area (Å²) in [6.07, 6.45) is 0.446. The minimum atomic E-state index is -3.04. The number of halogens is 2. The van der Waals surface area contributed by atoms with Crippen LogP contribution < -0.4 is 5.32 Å². The van der Waals surface area contributed by atoms with Crippen LogP contribution in [0.15, 0.2) is 18.2 Å². The molecule has 0 spiro atoms. The lowest BCUT2D eigenvalue weighted by Crippen LogP contribution is -2.52. The number of nitrogens with zero attached hydrogens (tertiary/aromatic N) is 2. The molecule has 0 aromatic heterocycles. The van der Waals surface area contributed by atoms with E-state index in [2.05, 4.69) is 5.32 Å². The maximum absolute atomic E-state index is 13.9. The van der Waals surface area contributed by atoms with Crippen molar-refractivity contribution in [2.45, 2.75) is 12.5 Å². The van der Waals surface area contributed by atoms with Crippen LogP contribution in [0.2, 0.25) is 5.02 Å². The monoisotopic (exact) mass is 417 g/mol. The molecule has 0 bridgehead atoms. The van der Waals surface area contributed by atoms with E-state index >= 15 is 0 Å². The summed E-state index contributed by atoms with van der Waals surface area (Å²) in [4.78, 5) is 28.0. The van der Waals surface area contributed by atoms with Crippen LogP contribution in [0.3, 0.4) is 0 Å². The molecule has 0 aliphatic carbocycles. The van der Waals surface area contributed by atoms with E-state index in [0.717, 1.165) is 0 Å². The first kappa shape index (κ1) is 20.0. The smallest absolute Gasteiger partial charge is 0.256 e. The lowest BCUT2D eigenvalue weighted by Gasteiger charge is -2.34. The number of rotatable bonds is 4. The molecule has 7 nitrogen and oxygen atoms in total. The number of carbonyl (C=O) groups is 2. The van der Waals surface area contributed by atoms with Gasteiger partial charge in [0.15, 0.2) is 9.84 Å². The van der Waals surface area contributed by atoms with Crippen molar-refractivity contribution in [3.8, 4) is 0 Å². The first-order valence-corrected chi connectivity index (χ1v) is 10.9. The molecule has 1 aromatic rings. The van der Waals surface area contributed by atoms with Crippen LogP contribution in [-0.4, -0.2) is 80.3 Å². The molecule has 3 rings (SSSR count). The van der Waals surface area contributed by atoms with Crippen molar-refractivity contribution in [3.63, 3.8) is 0 Å². The average Bonchev–Trinajstić information content (AvgIpc) is 2.95. The van der Waals surface area contributed by atoms with Crippen LogP contribution in [0.1, 0.15) is 16.8 Å². The van der Waals surface area contributed by atoms with Crippen LogP contribution in [0.5, 0.6) is 0 Å². The second-order valence-corrected chi connectivity index (χ2v) is 9.53. The third-order valence-corrected chi connectivity index (χ3v) is 6.79. The van der Waals surface area contributed by atoms with Crippen molar-refractivity contribution in [3.05, 3.63) is 34.6 Å². The van der Waals surface area contributed by atoms with Crippen molar-refractivity contribution in [2.75, 3.05) is 44.2 Å². The minimum absolute atomic E-state index is 0.00772. The molecule has 2 aliphatic rings. The van der Waals surface area contributed by atoms with E-state index in [9.17, 15) is 22.4 Å². The molecule has 0 unspecified atom stereocenters. The van der Waals surface area contributed by atoms with E-state index < -0.39 is 21.6 Å². The van der Waals surface area contributed by atoms with E-state index in [0.29, 0.717) is 37.6 Å². The second kappa shape index (κ2) is 8.12. The Morgan fingerprint density at radius 3 is 2.56 bits per heavy atom. The Morgan fingerprint density at radius 1 is 1.22 bits per heavy atom. The fourth-order valence-electron chi connectivity index (χ4n) is 3.33. The molecule has 0 radical (unpaired) electrons. The molecular formula is C17H21ClFN3O4S. The van der Waals surface area contributed by atoms with Crippen LogP contribution >= 0.6 is 11.6 Å². The number of benzene rings is 1. The van der Waals surface area contributed by atoms with Gasteiger partial charge >= 0.3 is 0 Å². The van der Waals surface area contributed by atoms with Crippen molar-refractivity contribution in [1.82, 2.24) is 15.1 Å². The van der Waals surface area contributed by atoms with Crippen LogP contribution in [0.25, 0.3) is 0 Å². The van der Waals surface area contributed by atoms with Gasteiger partial charge in [0.2, 0.25) is 5.91 Å². The van der Waals surface area contributed by atoms with Gasteiger partial charge in [-0.25, -0.2) is 12.8 Å². The Hall–Kier alpha value is -1.71. The number of amides is 2. The van der Waals surface area contributed by atoms with Gasteiger partial charge in [0.1, 0.15) is 5.82 Å². The maximum atomic E-state index is 13.9. The van der Waals surface area contributed by atoms with Crippen LogP contribution in [0, 0.1) is 5.82 Å². The van der Waals surface area contributed by atoms with Gasteiger partial charge in [0.05, 0.1) is 23.6 Å². The summed E-state index contributed by atoms with van der Waals surface area (Å²) in [6.45, 7) is 1.84.